The first-order valence-corrected chi connectivity index (χ1v) is 7.39. The van der Waals surface area contributed by atoms with Crippen molar-refractivity contribution < 1.29 is 9.53 Å². The maximum atomic E-state index is 12.7. The number of carbonyl (C=O) groups is 1. The summed E-state index contributed by atoms with van der Waals surface area (Å²) in [6.45, 7) is 15.7. The summed E-state index contributed by atoms with van der Waals surface area (Å²) in [4.78, 5) is 14.6. The van der Waals surface area contributed by atoms with Crippen molar-refractivity contribution in [2.75, 3.05) is 13.2 Å². The van der Waals surface area contributed by atoms with E-state index in [2.05, 4.69) is 26.1 Å². The van der Waals surface area contributed by atoms with Gasteiger partial charge in [-0.05, 0) is 40.0 Å². The van der Waals surface area contributed by atoms with E-state index in [1.54, 1.807) is 0 Å². The highest BCUT2D eigenvalue weighted by Crippen LogP contribution is 2.29. The second-order valence-electron chi connectivity index (χ2n) is 6.64. The normalized spacial score (nSPS) is 28.5. The molecule has 1 rings (SSSR count). The molecule has 1 fully saturated rings. The molecule has 2 unspecified atom stereocenters. The molecule has 1 amide bonds. The molecule has 1 saturated heterocycles. The second kappa shape index (κ2) is 5.80. The topological polar surface area (TPSA) is 41.6 Å². The Balaban J connectivity index is 2.92. The maximum Gasteiger partial charge on any atom is 0.243 e. The zero-order valence-corrected chi connectivity index (χ0v) is 13.5. The molecular weight excluding hydrogens is 240 g/mol. The van der Waals surface area contributed by atoms with Crippen LogP contribution in [0.25, 0.3) is 0 Å². The van der Waals surface area contributed by atoms with Crippen molar-refractivity contribution in [3.05, 3.63) is 0 Å². The van der Waals surface area contributed by atoms with Gasteiger partial charge in [-0.25, -0.2) is 0 Å². The lowest BCUT2D eigenvalue weighted by Crippen LogP contribution is -2.48. The van der Waals surface area contributed by atoms with Crippen molar-refractivity contribution in [2.45, 2.75) is 72.2 Å². The summed E-state index contributed by atoms with van der Waals surface area (Å²) in [5.41, 5.74) is -0.741. The van der Waals surface area contributed by atoms with Crippen molar-refractivity contribution in [1.29, 1.82) is 0 Å². The fourth-order valence-corrected chi connectivity index (χ4v) is 2.71. The van der Waals surface area contributed by atoms with Crippen LogP contribution < -0.4 is 5.32 Å². The van der Waals surface area contributed by atoms with Gasteiger partial charge in [-0.3, -0.25) is 10.1 Å². The number of rotatable bonds is 6. The summed E-state index contributed by atoms with van der Waals surface area (Å²) in [7, 11) is 0. The summed E-state index contributed by atoms with van der Waals surface area (Å²) in [5.74, 6) is 0.580. The number of carbonyl (C=O) groups excluding carboxylic acids is 1. The van der Waals surface area contributed by atoms with Crippen LogP contribution in [0.1, 0.15) is 54.9 Å². The van der Waals surface area contributed by atoms with E-state index in [4.69, 9.17) is 4.74 Å². The van der Waals surface area contributed by atoms with Gasteiger partial charge in [0.2, 0.25) is 5.91 Å². The average Bonchev–Trinajstić information content (AvgIpc) is 2.54. The Morgan fingerprint density at radius 2 is 2.00 bits per heavy atom. The van der Waals surface area contributed by atoms with Crippen molar-refractivity contribution in [3.8, 4) is 0 Å². The van der Waals surface area contributed by atoms with Crippen molar-refractivity contribution >= 4 is 5.91 Å². The molecule has 0 aliphatic carbocycles. The third kappa shape index (κ3) is 3.48. The molecule has 0 bridgehead atoms. The van der Waals surface area contributed by atoms with E-state index >= 15 is 0 Å². The minimum atomic E-state index is -0.433. The monoisotopic (exact) mass is 270 g/mol. The summed E-state index contributed by atoms with van der Waals surface area (Å²) in [6.07, 6.45) is 0.901. The van der Waals surface area contributed by atoms with Gasteiger partial charge in [0.25, 0.3) is 0 Å². The predicted octanol–water partition coefficient (Wildman–Crippen LogP) is 2.38. The van der Waals surface area contributed by atoms with Crippen molar-refractivity contribution in [3.63, 3.8) is 0 Å². The molecule has 112 valence electrons. The zero-order valence-electron chi connectivity index (χ0n) is 13.5. The van der Waals surface area contributed by atoms with E-state index in [0.717, 1.165) is 6.42 Å². The number of hydrogen-bond donors (Lipinski definition) is 1. The second-order valence-corrected chi connectivity index (χ2v) is 6.64. The van der Waals surface area contributed by atoms with E-state index in [-0.39, 0.29) is 17.7 Å². The molecule has 0 aromatic carbocycles. The van der Waals surface area contributed by atoms with Gasteiger partial charge in [-0.1, -0.05) is 20.8 Å². The van der Waals surface area contributed by atoms with Crippen LogP contribution in [0.4, 0.5) is 0 Å². The van der Waals surface area contributed by atoms with Gasteiger partial charge in [0, 0.05) is 6.61 Å². The zero-order chi connectivity index (χ0) is 14.8. The predicted molar refractivity (Wildman–Crippen MR) is 77.9 cm³/mol. The summed E-state index contributed by atoms with van der Waals surface area (Å²) >= 11 is 0. The number of ether oxygens (including phenoxy) is 1. The Hall–Kier alpha value is -0.610. The van der Waals surface area contributed by atoms with Crippen LogP contribution in [0.15, 0.2) is 0 Å². The lowest BCUT2D eigenvalue weighted by atomic mass is 9.99. The molecule has 1 aliphatic rings. The fraction of sp³-hybridized carbons (Fsp3) is 0.933. The number of amides is 1. The number of nitrogens with zero attached hydrogens (tertiary/aromatic N) is 1. The quantitative estimate of drug-likeness (QED) is 0.806. The van der Waals surface area contributed by atoms with Crippen molar-refractivity contribution in [1.82, 2.24) is 10.2 Å². The Kier molecular flexibility index (Phi) is 5.02. The molecular formula is C15H30N2O2. The molecule has 0 radical (unpaired) electrons. The first-order chi connectivity index (χ1) is 8.67. The van der Waals surface area contributed by atoms with E-state index < -0.39 is 5.54 Å². The Labute approximate surface area is 117 Å². The standard InChI is InChI=1S/C15H30N2O2/c1-8-15(7)13(18)17(12(16-15)11(3)4)10-14(5,6)19-9-2/h11-12,16H,8-10H2,1-7H3. The van der Waals surface area contributed by atoms with E-state index in [1.165, 1.54) is 0 Å². The Bertz CT molecular complexity index is 328. The lowest BCUT2D eigenvalue weighted by molar-refractivity contribution is -0.137. The van der Waals surface area contributed by atoms with E-state index in [1.807, 2.05) is 32.6 Å². The molecule has 2 atom stereocenters. The molecule has 4 heteroatoms. The largest absolute Gasteiger partial charge is 0.374 e. The van der Waals surface area contributed by atoms with Crippen LogP contribution >= 0.6 is 0 Å². The smallest absolute Gasteiger partial charge is 0.243 e. The van der Waals surface area contributed by atoms with Gasteiger partial charge in [0.05, 0.1) is 23.9 Å². The molecule has 4 nitrogen and oxygen atoms in total. The van der Waals surface area contributed by atoms with Crippen LogP contribution in [0, 0.1) is 5.92 Å². The molecule has 0 aromatic rings. The van der Waals surface area contributed by atoms with Gasteiger partial charge < -0.3 is 9.64 Å². The first kappa shape index (κ1) is 16.4. The van der Waals surface area contributed by atoms with Crippen LogP contribution in [-0.2, 0) is 9.53 Å². The minimum Gasteiger partial charge on any atom is -0.374 e. The molecule has 1 aliphatic heterocycles. The van der Waals surface area contributed by atoms with Gasteiger partial charge in [-0.15, -0.1) is 0 Å². The summed E-state index contributed by atoms with van der Waals surface area (Å²) in [5, 5.41) is 3.50. The average molecular weight is 270 g/mol. The first-order valence-electron chi connectivity index (χ1n) is 7.39. The lowest BCUT2D eigenvalue weighted by Gasteiger charge is -2.34. The van der Waals surface area contributed by atoms with Gasteiger partial charge >= 0.3 is 0 Å². The van der Waals surface area contributed by atoms with Gasteiger partial charge in [0.1, 0.15) is 0 Å². The van der Waals surface area contributed by atoms with Crippen LogP contribution in [0.2, 0.25) is 0 Å². The van der Waals surface area contributed by atoms with Gasteiger partial charge in [-0.2, -0.15) is 0 Å². The molecule has 1 heterocycles. The van der Waals surface area contributed by atoms with E-state index in [9.17, 15) is 4.79 Å². The maximum absolute atomic E-state index is 12.7. The number of nitrogens with one attached hydrogen (secondary N) is 1. The molecule has 1 N–H and O–H groups in total. The third-order valence-corrected chi connectivity index (χ3v) is 3.96. The highest BCUT2D eigenvalue weighted by atomic mass is 16.5. The van der Waals surface area contributed by atoms with Crippen LogP contribution in [0.3, 0.4) is 0 Å². The number of hydrogen-bond acceptors (Lipinski definition) is 3. The molecule has 0 aromatic heterocycles. The molecule has 19 heavy (non-hydrogen) atoms. The fourth-order valence-electron chi connectivity index (χ4n) is 2.71. The molecule has 0 saturated carbocycles. The summed E-state index contributed by atoms with van der Waals surface area (Å²) in [6, 6.07) is 0. The highest BCUT2D eigenvalue weighted by Gasteiger charge is 2.48. The van der Waals surface area contributed by atoms with Crippen LogP contribution in [0.5, 0.6) is 0 Å². The molecule has 0 spiro atoms. The van der Waals surface area contributed by atoms with Crippen molar-refractivity contribution in [2.24, 2.45) is 5.92 Å². The van der Waals surface area contributed by atoms with E-state index in [0.29, 0.717) is 19.1 Å². The Morgan fingerprint density at radius 1 is 1.42 bits per heavy atom. The minimum absolute atomic E-state index is 0.0946. The third-order valence-electron chi connectivity index (χ3n) is 3.96. The SMILES string of the molecule is CCOC(C)(C)CN1C(=O)C(C)(CC)NC1C(C)C. The summed E-state index contributed by atoms with van der Waals surface area (Å²) < 4.78 is 5.75. The highest BCUT2D eigenvalue weighted by molar-refractivity contribution is 5.88. The van der Waals surface area contributed by atoms with Crippen LogP contribution in [-0.4, -0.2) is 41.3 Å². The Morgan fingerprint density at radius 3 is 2.42 bits per heavy atom. The van der Waals surface area contributed by atoms with Gasteiger partial charge in [0.15, 0.2) is 0 Å².